The second-order valence-electron chi connectivity index (χ2n) is 9.60. The van der Waals surface area contributed by atoms with E-state index in [4.69, 9.17) is 10.00 Å². The summed E-state index contributed by atoms with van der Waals surface area (Å²) in [6.07, 6.45) is 1.31. The Morgan fingerprint density at radius 3 is 2.50 bits per heavy atom. The van der Waals surface area contributed by atoms with Crippen LogP contribution >= 0.6 is 11.3 Å². The third-order valence-electron chi connectivity index (χ3n) is 7.32. The molecule has 0 aliphatic carbocycles. The van der Waals surface area contributed by atoms with Crippen LogP contribution in [0.5, 0.6) is 0 Å². The minimum atomic E-state index is -4.02. The average Bonchev–Trinajstić information content (AvgIpc) is 3.49. The number of hydrogen-bond donors (Lipinski definition) is 1. The van der Waals surface area contributed by atoms with Crippen molar-refractivity contribution in [3.63, 3.8) is 0 Å². The lowest BCUT2D eigenvalue weighted by atomic mass is 10.0. The quantitative estimate of drug-likeness (QED) is 0.560. The molecule has 0 spiro atoms. The molecule has 3 aliphatic rings. The summed E-state index contributed by atoms with van der Waals surface area (Å²) < 4.78 is 34.0. The maximum atomic E-state index is 13.3. The third kappa shape index (κ3) is 4.91. The van der Waals surface area contributed by atoms with Crippen molar-refractivity contribution >= 4 is 27.3 Å². The van der Waals surface area contributed by atoms with Crippen LogP contribution in [-0.4, -0.2) is 102 Å². The molecule has 12 heteroatoms. The number of rotatable bonds is 7. The molecule has 3 saturated heterocycles. The predicted octanol–water partition coefficient (Wildman–Crippen LogP) is 1.17. The van der Waals surface area contributed by atoms with E-state index in [-0.39, 0.29) is 23.6 Å². The van der Waals surface area contributed by atoms with E-state index in [1.54, 1.807) is 11.3 Å². The molecule has 1 N–H and O–H groups in total. The van der Waals surface area contributed by atoms with Gasteiger partial charge in [0.1, 0.15) is 6.04 Å². The summed E-state index contributed by atoms with van der Waals surface area (Å²) in [4.78, 5) is 22.5. The lowest BCUT2D eigenvalue weighted by Gasteiger charge is -2.48. The number of hydrogen-bond acceptors (Lipinski definition) is 9. The van der Waals surface area contributed by atoms with Crippen molar-refractivity contribution in [2.75, 3.05) is 39.3 Å². The van der Waals surface area contributed by atoms with Crippen molar-refractivity contribution < 1.29 is 23.1 Å². The third-order valence-corrected chi connectivity index (χ3v) is 10.2. The first kappa shape index (κ1) is 25.3. The van der Waals surface area contributed by atoms with Crippen molar-refractivity contribution in [3.8, 4) is 6.07 Å². The van der Waals surface area contributed by atoms with Gasteiger partial charge in [-0.2, -0.15) is 9.57 Å². The number of thiazole rings is 1. The van der Waals surface area contributed by atoms with Crippen LogP contribution in [0, 0.1) is 18.3 Å². The molecule has 2 aromatic rings. The van der Waals surface area contributed by atoms with Gasteiger partial charge in [0.05, 0.1) is 39.9 Å². The molecule has 4 heterocycles. The smallest absolute Gasteiger partial charge is 0.323 e. The van der Waals surface area contributed by atoms with Crippen molar-refractivity contribution in [1.29, 1.82) is 5.26 Å². The maximum absolute atomic E-state index is 13.3. The fourth-order valence-electron chi connectivity index (χ4n) is 5.61. The number of morpholine rings is 2. The van der Waals surface area contributed by atoms with Crippen molar-refractivity contribution in [1.82, 2.24) is 19.1 Å². The number of fused-ring (bicyclic) bond motifs is 2. The summed E-state index contributed by atoms with van der Waals surface area (Å²) in [5.41, 5.74) is 3.31. The highest BCUT2D eigenvalue weighted by molar-refractivity contribution is 7.89. The van der Waals surface area contributed by atoms with Gasteiger partial charge in [-0.25, -0.2) is 13.4 Å². The molecule has 0 amide bonds. The van der Waals surface area contributed by atoms with Crippen LogP contribution in [0.1, 0.15) is 22.6 Å². The van der Waals surface area contributed by atoms with Crippen LogP contribution in [0.3, 0.4) is 0 Å². The van der Waals surface area contributed by atoms with E-state index in [0.29, 0.717) is 25.1 Å². The van der Waals surface area contributed by atoms with Gasteiger partial charge in [-0.15, -0.1) is 11.3 Å². The monoisotopic (exact) mass is 531 g/mol. The minimum absolute atomic E-state index is 0.000865. The van der Waals surface area contributed by atoms with E-state index >= 15 is 0 Å². The number of ether oxygens (including phenoxy) is 1. The van der Waals surface area contributed by atoms with E-state index in [0.717, 1.165) is 36.1 Å². The summed E-state index contributed by atoms with van der Waals surface area (Å²) in [5, 5.41) is 19.1. The highest BCUT2D eigenvalue weighted by Crippen LogP contribution is 2.32. The first-order chi connectivity index (χ1) is 17.3. The Kier molecular flexibility index (Phi) is 7.13. The van der Waals surface area contributed by atoms with Gasteiger partial charge in [0.25, 0.3) is 0 Å². The molecule has 2 bridgehead atoms. The number of sulfonamides is 1. The van der Waals surface area contributed by atoms with Crippen molar-refractivity contribution in [3.05, 3.63) is 45.9 Å². The molecule has 3 fully saturated rings. The van der Waals surface area contributed by atoms with Gasteiger partial charge in [-0.3, -0.25) is 14.6 Å². The van der Waals surface area contributed by atoms with E-state index in [2.05, 4.69) is 14.8 Å². The second kappa shape index (κ2) is 10.2. The number of carboxylic acid groups (broad SMARTS) is 1. The van der Waals surface area contributed by atoms with Crippen LogP contribution in [0.25, 0.3) is 0 Å². The molecule has 10 nitrogen and oxygen atoms in total. The van der Waals surface area contributed by atoms with Gasteiger partial charge in [-0.05, 0) is 44.0 Å². The van der Waals surface area contributed by atoms with Crippen LogP contribution in [0.2, 0.25) is 0 Å². The van der Waals surface area contributed by atoms with Gasteiger partial charge in [0.2, 0.25) is 10.0 Å². The Hall–Kier alpha value is -2.40. The number of nitrogens with zero attached hydrogens (tertiary/aromatic N) is 5. The fraction of sp³-hybridized carbons (Fsp3) is 0.542. The molecule has 5 rings (SSSR count). The van der Waals surface area contributed by atoms with Crippen LogP contribution < -0.4 is 0 Å². The van der Waals surface area contributed by atoms with E-state index in [9.17, 15) is 18.3 Å². The number of benzene rings is 1. The maximum Gasteiger partial charge on any atom is 0.323 e. The number of aliphatic carboxylic acids is 1. The summed E-state index contributed by atoms with van der Waals surface area (Å²) in [7, 11) is -4.02. The Morgan fingerprint density at radius 1 is 1.22 bits per heavy atom. The van der Waals surface area contributed by atoms with Gasteiger partial charge in [0.15, 0.2) is 0 Å². The highest BCUT2D eigenvalue weighted by Gasteiger charge is 2.50. The van der Waals surface area contributed by atoms with Crippen LogP contribution in [0.15, 0.2) is 34.7 Å². The first-order valence-corrected chi connectivity index (χ1v) is 14.3. The summed E-state index contributed by atoms with van der Waals surface area (Å²) in [5.74, 6) is -1.15. The fourth-order valence-corrected chi connectivity index (χ4v) is 8.01. The van der Waals surface area contributed by atoms with Crippen molar-refractivity contribution in [2.24, 2.45) is 0 Å². The molecule has 0 saturated carbocycles. The highest BCUT2D eigenvalue weighted by atomic mass is 32.2. The zero-order valence-electron chi connectivity index (χ0n) is 20.0. The van der Waals surface area contributed by atoms with Gasteiger partial charge in [0, 0.05) is 50.2 Å². The Morgan fingerprint density at radius 2 is 1.92 bits per heavy atom. The van der Waals surface area contributed by atoms with E-state index in [1.165, 1.54) is 29.1 Å². The van der Waals surface area contributed by atoms with Gasteiger partial charge < -0.3 is 9.84 Å². The second-order valence-corrected chi connectivity index (χ2v) is 12.4. The van der Waals surface area contributed by atoms with Gasteiger partial charge >= 0.3 is 5.97 Å². The summed E-state index contributed by atoms with van der Waals surface area (Å²) in [6.45, 7) is 5.78. The lowest BCUT2D eigenvalue weighted by Crippen LogP contribution is -2.63. The van der Waals surface area contributed by atoms with E-state index in [1.807, 2.05) is 18.5 Å². The standard InChI is InChI=1S/C24H29N5O5S2/c1-16-22(35-15-26-16)7-8-27-11-18-13-28(14-19(12-27)34-18)21-6-9-29(23(21)24(30)31)36(32,33)20-4-2-17(10-25)3-5-20/h2-5,15,18-19,21,23H,6-9,11-14H2,1H3,(H,30,31)/t18?,19?,21?,23-/m0/s1. The normalized spacial score (nSPS) is 27.7. The predicted molar refractivity (Wildman–Crippen MR) is 132 cm³/mol. The van der Waals surface area contributed by atoms with Crippen LogP contribution in [-0.2, 0) is 26.0 Å². The number of carbonyl (C=O) groups is 1. The topological polar surface area (TPSA) is 127 Å². The summed E-state index contributed by atoms with van der Waals surface area (Å²) >= 11 is 1.68. The number of carboxylic acids is 1. The Labute approximate surface area is 214 Å². The van der Waals surface area contributed by atoms with Crippen LogP contribution in [0.4, 0.5) is 0 Å². The molecule has 36 heavy (non-hydrogen) atoms. The number of nitriles is 1. The molecular formula is C24H29N5O5S2. The molecule has 3 aliphatic heterocycles. The zero-order chi connectivity index (χ0) is 25.4. The molecule has 192 valence electrons. The van der Waals surface area contributed by atoms with E-state index < -0.39 is 28.1 Å². The zero-order valence-corrected chi connectivity index (χ0v) is 21.6. The van der Waals surface area contributed by atoms with Crippen molar-refractivity contribution in [2.45, 2.75) is 49.0 Å². The lowest BCUT2D eigenvalue weighted by molar-refractivity contribution is -0.155. The molecule has 0 radical (unpaired) electrons. The Balaban J connectivity index is 1.26. The van der Waals surface area contributed by atoms with Gasteiger partial charge in [-0.1, -0.05) is 0 Å². The molecule has 3 unspecified atom stereocenters. The minimum Gasteiger partial charge on any atom is -0.480 e. The first-order valence-electron chi connectivity index (χ1n) is 12.0. The summed E-state index contributed by atoms with van der Waals surface area (Å²) in [6, 6.07) is 5.96. The number of aromatic nitrogens is 1. The largest absolute Gasteiger partial charge is 0.480 e. The number of aryl methyl sites for hydroxylation is 1. The SMILES string of the molecule is Cc1ncsc1CCN1CC2CN(C3CCN(S(=O)(=O)c4ccc(C#N)cc4)[C@@H]3C(=O)O)CC(C1)O2. The molecule has 1 aromatic carbocycles. The Bertz CT molecular complexity index is 1240. The molecule has 1 aromatic heterocycles. The molecule has 4 atom stereocenters. The average molecular weight is 532 g/mol. The molecular weight excluding hydrogens is 502 g/mol.